The predicted octanol–water partition coefficient (Wildman–Crippen LogP) is 2.47. The normalized spacial score (nSPS) is 15.8. The largest absolute Gasteiger partial charge is 0.395 e. The Kier molecular flexibility index (Phi) is 4.94. The third-order valence-corrected chi connectivity index (χ3v) is 4.46. The van der Waals surface area contributed by atoms with Gasteiger partial charge in [0, 0.05) is 12.6 Å². The third-order valence-electron chi connectivity index (χ3n) is 4.46. The fourth-order valence-corrected chi connectivity index (χ4v) is 3.14. The molecule has 0 bridgehead atoms. The minimum absolute atomic E-state index is 0.0192. The number of nitrogens with one attached hydrogen (secondary N) is 1. The number of amides is 1. The molecule has 2 aromatic carbocycles. The Morgan fingerprint density at radius 3 is 2.74 bits per heavy atom. The lowest BCUT2D eigenvalue weighted by molar-refractivity contribution is -0.123. The molecule has 1 aliphatic carbocycles. The average molecular weight is 312 g/mol. The molecular formula is C19H24N2O2. The van der Waals surface area contributed by atoms with Crippen LogP contribution in [0.3, 0.4) is 0 Å². The Morgan fingerprint density at radius 2 is 2.00 bits per heavy atom. The van der Waals surface area contributed by atoms with Crippen LogP contribution in [0.25, 0.3) is 10.8 Å². The summed E-state index contributed by atoms with van der Waals surface area (Å²) in [6, 6.07) is 14.9. The van der Waals surface area contributed by atoms with Crippen molar-refractivity contribution in [2.45, 2.75) is 31.8 Å². The number of fused-ring (bicyclic) bond motifs is 1. The number of rotatable bonds is 7. The highest BCUT2D eigenvalue weighted by atomic mass is 16.3. The van der Waals surface area contributed by atoms with Gasteiger partial charge in [0.2, 0.25) is 5.91 Å². The van der Waals surface area contributed by atoms with Crippen molar-refractivity contribution >= 4 is 16.7 Å². The van der Waals surface area contributed by atoms with Gasteiger partial charge >= 0.3 is 0 Å². The van der Waals surface area contributed by atoms with Gasteiger partial charge in [-0.15, -0.1) is 0 Å². The van der Waals surface area contributed by atoms with Gasteiger partial charge in [-0.2, -0.15) is 0 Å². The highest BCUT2D eigenvalue weighted by Gasteiger charge is 2.30. The van der Waals surface area contributed by atoms with Gasteiger partial charge in [0.1, 0.15) is 0 Å². The second-order valence-corrected chi connectivity index (χ2v) is 6.28. The van der Waals surface area contributed by atoms with Crippen LogP contribution in [0.5, 0.6) is 0 Å². The average Bonchev–Trinajstić information content (AvgIpc) is 3.38. The van der Waals surface area contributed by atoms with E-state index in [-0.39, 0.29) is 18.6 Å². The van der Waals surface area contributed by atoms with Crippen molar-refractivity contribution in [3.8, 4) is 0 Å². The molecule has 4 nitrogen and oxygen atoms in total. The van der Waals surface area contributed by atoms with Crippen molar-refractivity contribution in [3.05, 3.63) is 48.0 Å². The van der Waals surface area contributed by atoms with E-state index >= 15 is 0 Å². The first-order valence-corrected chi connectivity index (χ1v) is 8.31. The zero-order valence-corrected chi connectivity index (χ0v) is 13.5. The quantitative estimate of drug-likeness (QED) is 0.826. The van der Waals surface area contributed by atoms with E-state index in [1.807, 2.05) is 25.1 Å². The number of nitrogens with zero attached hydrogens (tertiary/aromatic N) is 1. The molecule has 0 aliphatic heterocycles. The number of carbonyl (C=O) groups is 1. The molecule has 1 atom stereocenters. The van der Waals surface area contributed by atoms with E-state index in [9.17, 15) is 4.79 Å². The molecule has 3 rings (SSSR count). The zero-order valence-electron chi connectivity index (χ0n) is 13.5. The number of aliphatic hydroxyl groups is 1. The summed E-state index contributed by atoms with van der Waals surface area (Å²) in [4.78, 5) is 14.4. The van der Waals surface area contributed by atoms with Gasteiger partial charge in [0.05, 0.1) is 19.2 Å². The minimum atomic E-state index is -0.0382. The van der Waals surface area contributed by atoms with Crippen molar-refractivity contribution in [2.24, 2.45) is 0 Å². The third kappa shape index (κ3) is 3.89. The van der Waals surface area contributed by atoms with Crippen LogP contribution in [0.15, 0.2) is 42.5 Å². The maximum Gasteiger partial charge on any atom is 0.234 e. The molecule has 1 fully saturated rings. The van der Waals surface area contributed by atoms with Crippen LogP contribution < -0.4 is 5.32 Å². The Hall–Kier alpha value is -1.91. The highest BCUT2D eigenvalue weighted by molar-refractivity contribution is 5.87. The van der Waals surface area contributed by atoms with Crippen LogP contribution >= 0.6 is 0 Å². The molecule has 1 unspecified atom stereocenters. The number of hydrogen-bond acceptors (Lipinski definition) is 3. The van der Waals surface area contributed by atoms with Gasteiger partial charge in [0.15, 0.2) is 0 Å². The summed E-state index contributed by atoms with van der Waals surface area (Å²) in [5, 5.41) is 14.6. The zero-order chi connectivity index (χ0) is 16.2. The number of hydrogen-bond donors (Lipinski definition) is 2. The van der Waals surface area contributed by atoms with E-state index < -0.39 is 0 Å². The number of carbonyl (C=O) groups excluding carboxylic acids is 1. The van der Waals surface area contributed by atoms with Crippen LogP contribution in [0.2, 0.25) is 0 Å². The molecule has 0 spiro atoms. The second-order valence-electron chi connectivity index (χ2n) is 6.28. The molecule has 0 saturated heterocycles. The van der Waals surface area contributed by atoms with Gasteiger partial charge < -0.3 is 10.4 Å². The molecule has 1 amide bonds. The van der Waals surface area contributed by atoms with E-state index in [4.69, 9.17) is 5.11 Å². The van der Waals surface area contributed by atoms with E-state index in [0.717, 1.165) is 18.4 Å². The molecule has 1 saturated carbocycles. The fourth-order valence-electron chi connectivity index (χ4n) is 3.14. The smallest absolute Gasteiger partial charge is 0.234 e. The summed E-state index contributed by atoms with van der Waals surface area (Å²) in [6.45, 7) is 3.05. The van der Waals surface area contributed by atoms with Crippen LogP contribution in [-0.2, 0) is 4.79 Å². The Balaban J connectivity index is 1.67. The lowest BCUT2D eigenvalue weighted by Gasteiger charge is -2.22. The lowest BCUT2D eigenvalue weighted by atomic mass is 10.00. The van der Waals surface area contributed by atoms with Gasteiger partial charge in [-0.3, -0.25) is 9.69 Å². The first kappa shape index (κ1) is 16.0. The highest BCUT2D eigenvalue weighted by Crippen LogP contribution is 2.27. The maximum absolute atomic E-state index is 12.3. The molecule has 23 heavy (non-hydrogen) atoms. The first-order valence-electron chi connectivity index (χ1n) is 8.31. The van der Waals surface area contributed by atoms with Crippen LogP contribution in [-0.4, -0.2) is 41.7 Å². The van der Waals surface area contributed by atoms with Gasteiger partial charge in [0.25, 0.3) is 0 Å². The van der Waals surface area contributed by atoms with Crippen LogP contribution in [0.4, 0.5) is 0 Å². The molecular weight excluding hydrogens is 288 g/mol. The first-order chi connectivity index (χ1) is 11.2. The van der Waals surface area contributed by atoms with E-state index in [1.165, 1.54) is 10.8 Å². The molecule has 4 heteroatoms. The molecule has 0 heterocycles. The van der Waals surface area contributed by atoms with Gasteiger partial charge in [-0.25, -0.2) is 0 Å². The van der Waals surface area contributed by atoms with E-state index in [1.54, 1.807) is 0 Å². The number of aliphatic hydroxyl groups excluding tert-OH is 1. The van der Waals surface area contributed by atoms with Crippen molar-refractivity contribution in [1.29, 1.82) is 0 Å². The Morgan fingerprint density at radius 1 is 1.26 bits per heavy atom. The van der Waals surface area contributed by atoms with Crippen LogP contribution in [0, 0.1) is 0 Å². The molecule has 2 aromatic rings. The topological polar surface area (TPSA) is 52.6 Å². The standard InChI is InChI=1S/C19H24N2O2/c1-14(17-8-4-6-15-5-2-3-7-18(15)17)20-19(23)13-21(11-12-22)16-9-10-16/h2-8,14,16,22H,9-13H2,1H3,(H,20,23). The second kappa shape index (κ2) is 7.11. The predicted molar refractivity (Wildman–Crippen MR) is 92.2 cm³/mol. The molecule has 0 aromatic heterocycles. The summed E-state index contributed by atoms with van der Waals surface area (Å²) in [5.41, 5.74) is 1.14. The molecule has 122 valence electrons. The van der Waals surface area contributed by atoms with Crippen molar-refractivity contribution in [1.82, 2.24) is 10.2 Å². The van der Waals surface area contributed by atoms with Crippen molar-refractivity contribution in [3.63, 3.8) is 0 Å². The Labute approximate surface area is 137 Å². The summed E-state index contributed by atoms with van der Waals surface area (Å²) in [5.74, 6) is 0.0192. The summed E-state index contributed by atoms with van der Waals surface area (Å²) in [7, 11) is 0. The van der Waals surface area contributed by atoms with Crippen LogP contribution in [0.1, 0.15) is 31.4 Å². The Bertz CT molecular complexity index is 677. The van der Waals surface area contributed by atoms with Crippen molar-refractivity contribution < 1.29 is 9.90 Å². The summed E-state index contributed by atoms with van der Waals surface area (Å²) in [6.07, 6.45) is 2.26. The van der Waals surface area contributed by atoms with Crippen molar-refractivity contribution in [2.75, 3.05) is 19.7 Å². The summed E-state index contributed by atoms with van der Waals surface area (Å²) >= 11 is 0. The summed E-state index contributed by atoms with van der Waals surface area (Å²) < 4.78 is 0. The molecule has 0 radical (unpaired) electrons. The SMILES string of the molecule is CC(NC(=O)CN(CCO)C1CC1)c1cccc2ccccc12. The fraction of sp³-hybridized carbons (Fsp3) is 0.421. The monoisotopic (exact) mass is 312 g/mol. The van der Waals surface area contributed by atoms with E-state index in [0.29, 0.717) is 19.1 Å². The number of benzene rings is 2. The molecule has 1 aliphatic rings. The van der Waals surface area contributed by atoms with E-state index in [2.05, 4.69) is 34.5 Å². The lowest BCUT2D eigenvalue weighted by Crippen LogP contribution is -2.40. The minimum Gasteiger partial charge on any atom is -0.395 e. The van der Waals surface area contributed by atoms with Gasteiger partial charge in [-0.1, -0.05) is 42.5 Å². The van der Waals surface area contributed by atoms with Gasteiger partial charge in [-0.05, 0) is 36.1 Å². The maximum atomic E-state index is 12.3. The molecule has 2 N–H and O–H groups in total.